The lowest BCUT2D eigenvalue weighted by Crippen LogP contribution is -2.37. The number of aromatic nitrogens is 2. The van der Waals surface area contributed by atoms with E-state index in [-0.39, 0.29) is 0 Å². The highest BCUT2D eigenvalue weighted by Crippen LogP contribution is 2.19. The number of hydrogen-bond donors (Lipinski definition) is 1. The number of halogens is 1. The van der Waals surface area contributed by atoms with Crippen molar-refractivity contribution in [1.29, 1.82) is 0 Å². The number of alkyl carbamates (subject to hydrolysis) is 1. The van der Waals surface area contributed by atoms with Crippen LogP contribution in [-0.4, -0.2) is 21.5 Å². The number of hydrogen-bond acceptors (Lipinski definition) is 3. The van der Waals surface area contributed by atoms with Crippen molar-refractivity contribution in [2.24, 2.45) is 0 Å². The Morgan fingerprint density at radius 3 is 2.52 bits per heavy atom. The van der Waals surface area contributed by atoms with E-state index in [2.05, 4.69) is 26.3 Å². The number of carbonyl (C=O) groups excluding carboxylic acids is 1. The monoisotopic (exact) mass is 351 g/mol. The van der Waals surface area contributed by atoms with E-state index in [9.17, 15) is 4.79 Å². The zero-order valence-electron chi connectivity index (χ0n) is 12.2. The molecule has 1 N–H and O–H groups in total. The fourth-order valence-electron chi connectivity index (χ4n) is 1.80. The summed E-state index contributed by atoms with van der Waals surface area (Å²) < 4.78 is 7.96. The van der Waals surface area contributed by atoms with Gasteiger partial charge in [-0.3, -0.25) is 5.32 Å². The molecule has 112 valence electrons. The number of ether oxygens (including phenoxy) is 1. The highest BCUT2D eigenvalue weighted by Gasteiger charge is 2.21. The first-order chi connectivity index (χ1) is 9.85. The van der Waals surface area contributed by atoms with Crippen molar-refractivity contribution in [3.8, 4) is 0 Å². The summed E-state index contributed by atoms with van der Waals surface area (Å²) >= 11 is 3.40. The molecule has 0 aliphatic rings. The number of carbonyl (C=O) groups is 1. The van der Waals surface area contributed by atoms with Crippen molar-refractivity contribution in [2.45, 2.75) is 32.5 Å². The summed E-state index contributed by atoms with van der Waals surface area (Å²) in [5.41, 5.74) is 0.367. The van der Waals surface area contributed by atoms with Gasteiger partial charge in [0.25, 0.3) is 0 Å². The molecule has 0 bridgehead atoms. The van der Waals surface area contributed by atoms with E-state index in [4.69, 9.17) is 4.74 Å². The molecule has 1 unspecified atom stereocenters. The van der Waals surface area contributed by atoms with E-state index in [1.807, 2.05) is 51.1 Å². The Morgan fingerprint density at radius 1 is 1.33 bits per heavy atom. The van der Waals surface area contributed by atoms with Crippen LogP contribution in [0.2, 0.25) is 0 Å². The Bertz CT molecular complexity index is 588. The lowest BCUT2D eigenvalue weighted by Gasteiger charge is -2.24. The van der Waals surface area contributed by atoms with E-state index >= 15 is 0 Å². The van der Waals surface area contributed by atoms with E-state index in [1.54, 1.807) is 17.1 Å². The minimum absolute atomic E-state index is 0.414. The van der Waals surface area contributed by atoms with Crippen LogP contribution in [0.15, 0.2) is 47.2 Å². The van der Waals surface area contributed by atoms with E-state index in [1.165, 1.54) is 0 Å². The van der Waals surface area contributed by atoms with Gasteiger partial charge in [0, 0.05) is 16.9 Å². The quantitative estimate of drug-likeness (QED) is 0.916. The summed E-state index contributed by atoms with van der Waals surface area (Å²) in [4.78, 5) is 12.0. The molecule has 21 heavy (non-hydrogen) atoms. The summed E-state index contributed by atoms with van der Waals surface area (Å²) in [5.74, 6) is 0. The minimum atomic E-state index is -0.543. The van der Waals surface area contributed by atoms with Crippen LogP contribution in [0.3, 0.4) is 0 Å². The first-order valence-corrected chi connectivity index (χ1v) is 7.38. The first kappa shape index (κ1) is 15.6. The largest absolute Gasteiger partial charge is 0.444 e. The minimum Gasteiger partial charge on any atom is -0.444 e. The molecule has 0 spiro atoms. The van der Waals surface area contributed by atoms with Crippen LogP contribution in [-0.2, 0) is 4.74 Å². The van der Waals surface area contributed by atoms with Gasteiger partial charge in [0.2, 0.25) is 0 Å². The van der Waals surface area contributed by atoms with Gasteiger partial charge in [0.15, 0.2) is 6.17 Å². The fraction of sp³-hybridized carbons (Fsp3) is 0.333. The molecule has 0 fully saturated rings. The topological polar surface area (TPSA) is 56.1 Å². The van der Waals surface area contributed by atoms with Gasteiger partial charge in [0.1, 0.15) is 5.60 Å². The van der Waals surface area contributed by atoms with Crippen LogP contribution in [0.5, 0.6) is 0 Å². The van der Waals surface area contributed by atoms with Crippen LogP contribution in [0.4, 0.5) is 4.79 Å². The first-order valence-electron chi connectivity index (χ1n) is 6.59. The third-order valence-corrected chi connectivity index (χ3v) is 3.16. The van der Waals surface area contributed by atoms with E-state index < -0.39 is 17.9 Å². The molecule has 1 amide bonds. The maximum atomic E-state index is 12.0. The number of benzene rings is 1. The Hall–Kier alpha value is -1.82. The highest BCUT2D eigenvalue weighted by molar-refractivity contribution is 9.10. The Kier molecular flexibility index (Phi) is 4.67. The van der Waals surface area contributed by atoms with Crippen LogP contribution in [0.1, 0.15) is 32.5 Å². The predicted molar refractivity (Wildman–Crippen MR) is 83.9 cm³/mol. The number of nitrogens with zero attached hydrogens (tertiary/aromatic N) is 2. The van der Waals surface area contributed by atoms with Crippen molar-refractivity contribution in [3.05, 3.63) is 52.8 Å². The molecule has 2 rings (SSSR count). The van der Waals surface area contributed by atoms with Gasteiger partial charge < -0.3 is 4.74 Å². The fourth-order valence-corrected chi connectivity index (χ4v) is 2.06. The zero-order valence-corrected chi connectivity index (χ0v) is 13.8. The molecule has 1 atom stereocenters. The lowest BCUT2D eigenvalue weighted by molar-refractivity contribution is 0.0491. The van der Waals surface area contributed by atoms with Gasteiger partial charge in [0.05, 0.1) is 0 Å². The summed E-state index contributed by atoms with van der Waals surface area (Å²) in [5, 5.41) is 7.04. The summed E-state index contributed by atoms with van der Waals surface area (Å²) in [6.07, 6.45) is 2.57. The molecule has 0 saturated carbocycles. The molecule has 1 heterocycles. The standard InChI is InChI=1S/C15H18BrN3O2/c1-15(2,3)21-14(20)18-13(19-10-4-9-17-19)11-5-7-12(16)8-6-11/h4-10,13H,1-3H3,(H,18,20). The summed E-state index contributed by atoms with van der Waals surface area (Å²) in [7, 11) is 0. The summed E-state index contributed by atoms with van der Waals surface area (Å²) in [6.45, 7) is 5.49. The van der Waals surface area contributed by atoms with Gasteiger partial charge in [-0.2, -0.15) is 5.10 Å². The third-order valence-electron chi connectivity index (χ3n) is 2.63. The van der Waals surface area contributed by atoms with Gasteiger partial charge in [-0.15, -0.1) is 0 Å². The second-order valence-electron chi connectivity index (χ2n) is 5.59. The van der Waals surface area contributed by atoms with Gasteiger partial charge >= 0.3 is 6.09 Å². The SMILES string of the molecule is CC(C)(C)OC(=O)NC(c1ccc(Br)cc1)n1cccn1. The third kappa shape index (κ3) is 4.60. The highest BCUT2D eigenvalue weighted by atomic mass is 79.9. The average molecular weight is 352 g/mol. The van der Waals surface area contributed by atoms with Crippen LogP contribution < -0.4 is 5.32 Å². The van der Waals surface area contributed by atoms with E-state index in [0.29, 0.717) is 0 Å². The second-order valence-corrected chi connectivity index (χ2v) is 6.50. The molecule has 2 aromatic rings. The van der Waals surface area contributed by atoms with Crippen molar-refractivity contribution in [3.63, 3.8) is 0 Å². The Labute approximate surface area is 132 Å². The average Bonchev–Trinajstić information content (AvgIpc) is 2.88. The molecular weight excluding hydrogens is 334 g/mol. The summed E-state index contributed by atoms with van der Waals surface area (Å²) in [6, 6.07) is 9.50. The molecular formula is C15H18BrN3O2. The van der Waals surface area contributed by atoms with Crippen LogP contribution in [0.25, 0.3) is 0 Å². The Balaban J connectivity index is 2.22. The van der Waals surface area contributed by atoms with Crippen LogP contribution >= 0.6 is 15.9 Å². The molecule has 0 aliphatic heterocycles. The number of rotatable bonds is 3. The Morgan fingerprint density at radius 2 is 2.00 bits per heavy atom. The molecule has 5 nitrogen and oxygen atoms in total. The van der Waals surface area contributed by atoms with Gasteiger partial charge in [-0.25, -0.2) is 9.48 Å². The maximum absolute atomic E-state index is 12.0. The smallest absolute Gasteiger partial charge is 0.409 e. The number of amides is 1. The van der Waals surface area contributed by atoms with E-state index in [0.717, 1.165) is 10.0 Å². The normalized spacial score (nSPS) is 12.8. The van der Waals surface area contributed by atoms with Gasteiger partial charge in [-0.1, -0.05) is 28.1 Å². The van der Waals surface area contributed by atoms with Crippen molar-refractivity contribution < 1.29 is 9.53 Å². The molecule has 6 heteroatoms. The molecule has 0 radical (unpaired) electrons. The maximum Gasteiger partial charge on any atom is 0.409 e. The van der Waals surface area contributed by atoms with Crippen molar-refractivity contribution >= 4 is 22.0 Å². The van der Waals surface area contributed by atoms with Gasteiger partial charge in [-0.05, 0) is 44.5 Å². The zero-order chi connectivity index (χ0) is 15.5. The molecule has 0 saturated heterocycles. The lowest BCUT2D eigenvalue weighted by atomic mass is 10.2. The number of nitrogens with one attached hydrogen (secondary N) is 1. The molecule has 1 aromatic heterocycles. The van der Waals surface area contributed by atoms with Crippen LogP contribution in [0, 0.1) is 0 Å². The molecule has 1 aromatic carbocycles. The van der Waals surface area contributed by atoms with Crippen molar-refractivity contribution in [1.82, 2.24) is 15.1 Å². The van der Waals surface area contributed by atoms with Crippen molar-refractivity contribution in [2.75, 3.05) is 0 Å². The molecule has 0 aliphatic carbocycles. The second kappa shape index (κ2) is 6.30. The predicted octanol–water partition coefficient (Wildman–Crippen LogP) is 3.72.